The number of urea groups is 1. The van der Waals surface area contributed by atoms with Gasteiger partial charge in [0.25, 0.3) is 0 Å². The highest BCUT2D eigenvalue weighted by molar-refractivity contribution is 7.99. The maximum absolute atomic E-state index is 13.2. The SMILES string of the molecule is C[C@H]1CN(c2cc(Cl)nc(SCC(=O)N3CCN(C(c4ccccc4)c4ccccc4)CC3)n2)CCN1C(=O)NC(C)(C)C. The Morgan fingerprint density at radius 2 is 1.55 bits per heavy atom. The molecule has 2 fully saturated rings. The number of nitrogens with zero attached hydrogens (tertiary/aromatic N) is 6. The van der Waals surface area contributed by atoms with Crippen LogP contribution in [0.5, 0.6) is 0 Å². The van der Waals surface area contributed by atoms with Gasteiger partial charge in [-0.3, -0.25) is 9.69 Å². The van der Waals surface area contributed by atoms with E-state index in [9.17, 15) is 9.59 Å². The number of thioether (sulfide) groups is 1. The van der Waals surface area contributed by atoms with Crippen molar-refractivity contribution >= 4 is 41.1 Å². The molecule has 1 N–H and O–H groups in total. The number of carbonyl (C=O) groups is 2. The van der Waals surface area contributed by atoms with Gasteiger partial charge in [0.05, 0.1) is 11.8 Å². The highest BCUT2D eigenvalue weighted by Crippen LogP contribution is 2.30. The van der Waals surface area contributed by atoms with Gasteiger partial charge in [-0.25, -0.2) is 14.8 Å². The first-order valence-electron chi connectivity index (χ1n) is 15.2. The molecule has 11 heteroatoms. The average Bonchev–Trinajstić information content (AvgIpc) is 3.00. The van der Waals surface area contributed by atoms with Crippen molar-refractivity contribution in [1.82, 2.24) is 30.0 Å². The molecular formula is C33H42ClN7O2S. The Bertz CT molecular complexity index is 1380. The molecule has 3 amide bonds. The Morgan fingerprint density at radius 3 is 2.11 bits per heavy atom. The maximum Gasteiger partial charge on any atom is 0.318 e. The van der Waals surface area contributed by atoms with E-state index in [4.69, 9.17) is 16.6 Å². The van der Waals surface area contributed by atoms with Crippen molar-refractivity contribution in [3.63, 3.8) is 0 Å². The number of benzene rings is 2. The molecule has 0 spiro atoms. The zero-order valence-corrected chi connectivity index (χ0v) is 27.5. The van der Waals surface area contributed by atoms with Crippen LogP contribution in [0.3, 0.4) is 0 Å². The summed E-state index contributed by atoms with van der Waals surface area (Å²) >= 11 is 7.72. The smallest absolute Gasteiger partial charge is 0.318 e. The highest BCUT2D eigenvalue weighted by Gasteiger charge is 2.31. The Hall–Kier alpha value is -3.34. The van der Waals surface area contributed by atoms with Crippen LogP contribution in [0.15, 0.2) is 71.9 Å². The molecule has 234 valence electrons. The lowest BCUT2D eigenvalue weighted by molar-refractivity contribution is -0.130. The lowest BCUT2D eigenvalue weighted by Crippen LogP contribution is -2.59. The minimum absolute atomic E-state index is 0.000400. The summed E-state index contributed by atoms with van der Waals surface area (Å²) < 4.78 is 0. The number of nitrogens with one attached hydrogen (secondary N) is 1. The molecule has 0 bridgehead atoms. The molecule has 1 atom stereocenters. The first kappa shape index (κ1) is 32.1. The molecule has 0 saturated carbocycles. The fourth-order valence-electron chi connectivity index (χ4n) is 5.80. The predicted octanol–water partition coefficient (Wildman–Crippen LogP) is 5.17. The molecule has 2 aliphatic rings. The summed E-state index contributed by atoms with van der Waals surface area (Å²) in [5, 5.41) is 3.87. The van der Waals surface area contributed by atoms with Crippen LogP contribution in [-0.4, -0.2) is 99.8 Å². The number of hydrogen-bond acceptors (Lipinski definition) is 7. The van der Waals surface area contributed by atoms with Gasteiger partial charge in [-0.2, -0.15) is 0 Å². The molecule has 44 heavy (non-hydrogen) atoms. The third-order valence-electron chi connectivity index (χ3n) is 7.94. The number of piperazine rings is 2. The molecule has 2 saturated heterocycles. The van der Waals surface area contributed by atoms with E-state index in [2.05, 4.69) is 68.6 Å². The van der Waals surface area contributed by atoms with Gasteiger partial charge in [0.1, 0.15) is 11.0 Å². The normalized spacial score (nSPS) is 18.0. The van der Waals surface area contributed by atoms with Gasteiger partial charge in [0, 0.05) is 63.5 Å². The van der Waals surface area contributed by atoms with Gasteiger partial charge >= 0.3 is 6.03 Å². The van der Waals surface area contributed by atoms with Gasteiger partial charge < -0.3 is 20.0 Å². The lowest BCUT2D eigenvalue weighted by Gasteiger charge is -2.41. The standard InChI is InChI=1S/C33H42ClN7O2S/c1-24-22-40(19-20-41(24)32(43)37-33(2,3)4)28-21-27(34)35-31(36-28)44-23-29(42)38-15-17-39(18-16-38)30(25-11-7-5-8-12-25)26-13-9-6-10-14-26/h5-14,21,24,30H,15-20,22-23H2,1-4H3,(H,37,43)/t24-/m0/s1. The van der Waals surface area contributed by atoms with Crippen LogP contribution in [0.2, 0.25) is 5.15 Å². The van der Waals surface area contributed by atoms with Gasteiger partial charge in [-0.05, 0) is 38.8 Å². The van der Waals surface area contributed by atoms with Crippen LogP contribution >= 0.6 is 23.4 Å². The van der Waals surface area contributed by atoms with E-state index in [1.165, 1.54) is 22.9 Å². The van der Waals surface area contributed by atoms with Gasteiger partial charge in [-0.1, -0.05) is 84.0 Å². The van der Waals surface area contributed by atoms with Crippen molar-refractivity contribution in [2.75, 3.05) is 56.5 Å². The van der Waals surface area contributed by atoms with E-state index in [-0.39, 0.29) is 35.3 Å². The summed E-state index contributed by atoms with van der Waals surface area (Å²) in [7, 11) is 0. The molecule has 0 unspecified atom stereocenters. The number of hydrogen-bond donors (Lipinski definition) is 1. The fraction of sp³-hybridized carbons (Fsp3) is 0.455. The number of halogens is 1. The topological polar surface area (TPSA) is 84.9 Å². The zero-order chi connectivity index (χ0) is 31.3. The number of rotatable bonds is 7. The molecule has 2 aromatic carbocycles. The van der Waals surface area contributed by atoms with E-state index >= 15 is 0 Å². The Labute approximate surface area is 270 Å². The third kappa shape index (κ3) is 8.22. The van der Waals surface area contributed by atoms with Crippen LogP contribution in [0.1, 0.15) is 44.9 Å². The minimum atomic E-state index is -0.294. The molecular weight excluding hydrogens is 594 g/mol. The summed E-state index contributed by atoms with van der Waals surface area (Å²) in [6.07, 6.45) is 0. The van der Waals surface area contributed by atoms with Gasteiger partial charge in [0.15, 0.2) is 5.16 Å². The average molecular weight is 636 g/mol. The zero-order valence-electron chi connectivity index (χ0n) is 25.9. The number of anilines is 1. The molecule has 1 aromatic heterocycles. The first-order chi connectivity index (χ1) is 21.1. The van der Waals surface area contributed by atoms with Crippen molar-refractivity contribution in [2.45, 2.75) is 50.5 Å². The van der Waals surface area contributed by atoms with E-state index in [1.54, 1.807) is 6.07 Å². The molecule has 0 radical (unpaired) electrons. The van der Waals surface area contributed by atoms with Crippen molar-refractivity contribution in [3.8, 4) is 0 Å². The predicted molar refractivity (Wildman–Crippen MR) is 177 cm³/mol. The summed E-state index contributed by atoms with van der Waals surface area (Å²) in [6.45, 7) is 12.7. The van der Waals surface area contributed by atoms with Gasteiger partial charge in [-0.15, -0.1) is 0 Å². The molecule has 3 aromatic rings. The van der Waals surface area contributed by atoms with Crippen molar-refractivity contribution in [2.24, 2.45) is 0 Å². The second kappa shape index (κ2) is 14.2. The van der Waals surface area contributed by atoms with Crippen LogP contribution in [0.4, 0.5) is 10.6 Å². The van der Waals surface area contributed by atoms with E-state index in [1.807, 2.05) is 49.6 Å². The highest BCUT2D eigenvalue weighted by atomic mass is 35.5. The molecule has 5 rings (SSSR count). The summed E-state index contributed by atoms with van der Waals surface area (Å²) in [4.78, 5) is 43.5. The van der Waals surface area contributed by atoms with E-state index in [0.29, 0.717) is 48.9 Å². The van der Waals surface area contributed by atoms with Crippen molar-refractivity contribution < 1.29 is 9.59 Å². The quantitative estimate of drug-likeness (QED) is 0.218. The second-order valence-electron chi connectivity index (χ2n) is 12.4. The summed E-state index contributed by atoms with van der Waals surface area (Å²) in [6, 6.07) is 23.0. The van der Waals surface area contributed by atoms with Crippen LogP contribution < -0.4 is 10.2 Å². The fourth-order valence-corrected chi connectivity index (χ4v) is 6.79. The van der Waals surface area contributed by atoms with Gasteiger partial charge in [0.2, 0.25) is 5.91 Å². The van der Waals surface area contributed by atoms with E-state index < -0.39 is 0 Å². The monoisotopic (exact) mass is 635 g/mol. The van der Waals surface area contributed by atoms with E-state index in [0.717, 1.165) is 13.1 Å². The Balaban J connectivity index is 1.16. The molecule has 0 aliphatic carbocycles. The van der Waals surface area contributed by atoms with Crippen molar-refractivity contribution in [3.05, 3.63) is 83.0 Å². The molecule has 9 nitrogen and oxygen atoms in total. The van der Waals surface area contributed by atoms with Crippen LogP contribution in [0, 0.1) is 0 Å². The lowest BCUT2D eigenvalue weighted by atomic mass is 9.96. The minimum Gasteiger partial charge on any atom is -0.353 e. The maximum atomic E-state index is 13.2. The summed E-state index contributed by atoms with van der Waals surface area (Å²) in [5.41, 5.74) is 2.22. The van der Waals surface area contributed by atoms with Crippen LogP contribution in [0.25, 0.3) is 0 Å². The van der Waals surface area contributed by atoms with Crippen molar-refractivity contribution in [1.29, 1.82) is 0 Å². The number of aromatic nitrogens is 2. The summed E-state index contributed by atoms with van der Waals surface area (Å²) in [5.74, 6) is 1.03. The molecule has 2 aliphatic heterocycles. The Morgan fingerprint density at radius 1 is 0.932 bits per heavy atom. The number of carbonyl (C=O) groups excluding carboxylic acids is 2. The Kier molecular flexibility index (Phi) is 10.3. The number of amides is 3. The molecule has 3 heterocycles. The second-order valence-corrected chi connectivity index (χ2v) is 13.8. The first-order valence-corrected chi connectivity index (χ1v) is 16.6. The van der Waals surface area contributed by atoms with Crippen LogP contribution in [-0.2, 0) is 4.79 Å². The largest absolute Gasteiger partial charge is 0.353 e. The third-order valence-corrected chi connectivity index (χ3v) is 8.97.